The summed E-state index contributed by atoms with van der Waals surface area (Å²) in [5.74, 6) is -0.0140. The van der Waals surface area contributed by atoms with Gasteiger partial charge in [-0.1, -0.05) is 185 Å². The fraction of sp³-hybridized carbons (Fsp3) is 0.143. The molecule has 0 radical (unpaired) electrons. The van der Waals surface area contributed by atoms with Crippen LogP contribution in [-0.4, -0.2) is 0 Å². The first-order chi connectivity index (χ1) is 28.4. The van der Waals surface area contributed by atoms with E-state index in [1.807, 2.05) is 0 Å². The van der Waals surface area contributed by atoms with Crippen molar-refractivity contribution in [3.05, 3.63) is 256 Å². The molecule has 0 saturated carbocycles. The highest BCUT2D eigenvalue weighted by molar-refractivity contribution is 5.95. The molecule has 7 aromatic rings. The third-order valence-corrected chi connectivity index (χ3v) is 13.5. The lowest BCUT2D eigenvalue weighted by Gasteiger charge is -2.50. The van der Waals surface area contributed by atoms with E-state index in [0.717, 1.165) is 0 Å². The molecule has 4 aliphatic rings. The van der Waals surface area contributed by atoms with Crippen LogP contribution >= 0.6 is 0 Å². The molecule has 2 aliphatic carbocycles. The molecule has 0 spiro atoms. The van der Waals surface area contributed by atoms with Gasteiger partial charge < -0.3 is 9.80 Å². The fourth-order valence-electron chi connectivity index (χ4n) is 10.8. The molecule has 2 aliphatic heterocycles. The molecule has 2 heteroatoms. The van der Waals surface area contributed by atoms with Crippen molar-refractivity contribution in [2.24, 2.45) is 5.92 Å². The average Bonchev–Trinajstić information content (AvgIpc) is 3.27. The van der Waals surface area contributed by atoms with Gasteiger partial charge in [0.25, 0.3) is 0 Å². The lowest BCUT2D eigenvalue weighted by Crippen LogP contribution is -2.41. The van der Waals surface area contributed by atoms with E-state index in [9.17, 15) is 0 Å². The van der Waals surface area contributed by atoms with Gasteiger partial charge in [0, 0.05) is 39.7 Å². The van der Waals surface area contributed by atoms with Crippen LogP contribution in [-0.2, 0) is 10.8 Å². The second-order valence-electron chi connectivity index (χ2n) is 17.2. The van der Waals surface area contributed by atoms with Gasteiger partial charge in [-0.15, -0.1) is 0 Å². The van der Waals surface area contributed by atoms with Gasteiger partial charge in [0.15, 0.2) is 0 Å². The molecular formula is C56H46N2. The van der Waals surface area contributed by atoms with Crippen LogP contribution in [0.3, 0.4) is 0 Å². The topological polar surface area (TPSA) is 6.48 Å². The van der Waals surface area contributed by atoms with Gasteiger partial charge in [-0.05, 0) is 92.1 Å². The summed E-state index contributed by atoms with van der Waals surface area (Å²) in [4.78, 5) is 5.20. The Bertz CT molecular complexity index is 2760. The normalized spacial score (nSPS) is 19.4. The van der Waals surface area contributed by atoms with E-state index < -0.39 is 0 Å². The highest BCUT2D eigenvalue weighted by atomic mass is 15.2. The van der Waals surface area contributed by atoms with Crippen molar-refractivity contribution in [2.75, 3.05) is 9.80 Å². The van der Waals surface area contributed by atoms with Crippen molar-refractivity contribution < 1.29 is 0 Å². The molecule has 0 amide bonds. The summed E-state index contributed by atoms with van der Waals surface area (Å²) in [7, 11) is 0. The molecule has 7 aromatic carbocycles. The molecule has 2 heterocycles. The maximum atomic E-state index is 2.61. The first kappa shape index (κ1) is 34.6. The number of benzene rings is 7. The molecule has 0 bridgehead atoms. The maximum Gasteiger partial charge on any atom is 0.0508 e. The second-order valence-corrected chi connectivity index (χ2v) is 17.2. The van der Waals surface area contributed by atoms with E-state index >= 15 is 0 Å². The van der Waals surface area contributed by atoms with Gasteiger partial charge in [0.1, 0.15) is 0 Å². The Labute approximate surface area is 342 Å². The number of fused-ring (bicyclic) bond motifs is 6. The molecular weight excluding hydrogens is 701 g/mol. The summed E-state index contributed by atoms with van der Waals surface area (Å²) in [6.45, 7) is 9.51. The molecule has 58 heavy (non-hydrogen) atoms. The SMILES string of the molecule is CC1(C)c2ccccc2N(C2=CC=C(N3c4ccccc4C(C)(C)c4ccccc43)C3C2=C(c2ccccc2)c2ccccc2C3c2ccccc2)c2ccccc21. The number of anilines is 4. The van der Waals surface area contributed by atoms with Crippen LogP contribution in [0.1, 0.15) is 78.1 Å². The van der Waals surface area contributed by atoms with Crippen LogP contribution in [0.5, 0.6) is 0 Å². The van der Waals surface area contributed by atoms with E-state index in [4.69, 9.17) is 0 Å². The van der Waals surface area contributed by atoms with Gasteiger partial charge in [-0.2, -0.15) is 0 Å². The van der Waals surface area contributed by atoms with Gasteiger partial charge in [0.05, 0.1) is 17.1 Å². The number of rotatable bonds is 4. The van der Waals surface area contributed by atoms with Crippen LogP contribution < -0.4 is 9.80 Å². The smallest absolute Gasteiger partial charge is 0.0508 e. The number of allylic oxidation sites excluding steroid dienone is 4. The summed E-state index contributed by atoms with van der Waals surface area (Å²) >= 11 is 0. The third-order valence-electron chi connectivity index (χ3n) is 13.5. The van der Waals surface area contributed by atoms with Crippen LogP contribution in [0, 0.1) is 5.92 Å². The minimum absolute atomic E-state index is 0.0378. The van der Waals surface area contributed by atoms with E-state index in [0.29, 0.717) is 0 Å². The van der Waals surface area contributed by atoms with Crippen LogP contribution in [0.25, 0.3) is 5.57 Å². The Kier molecular flexibility index (Phi) is 7.72. The fourth-order valence-corrected chi connectivity index (χ4v) is 10.8. The van der Waals surface area contributed by atoms with Gasteiger partial charge in [-0.25, -0.2) is 0 Å². The monoisotopic (exact) mass is 746 g/mol. The van der Waals surface area contributed by atoms with Crippen molar-refractivity contribution in [2.45, 2.75) is 44.4 Å². The van der Waals surface area contributed by atoms with Gasteiger partial charge in [0.2, 0.25) is 0 Å². The number of para-hydroxylation sites is 4. The molecule has 0 fully saturated rings. The van der Waals surface area contributed by atoms with Crippen LogP contribution in [0.15, 0.2) is 211 Å². The van der Waals surface area contributed by atoms with Crippen molar-refractivity contribution in [1.29, 1.82) is 0 Å². The predicted molar refractivity (Wildman–Crippen MR) is 241 cm³/mol. The van der Waals surface area contributed by atoms with Gasteiger partial charge in [-0.3, -0.25) is 0 Å². The summed E-state index contributed by atoms with van der Waals surface area (Å²) < 4.78 is 0. The van der Waals surface area contributed by atoms with Gasteiger partial charge >= 0.3 is 0 Å². The summed E-state index contributed by atoms with van der Waals surface area (Å²) in [5.41, 5.74) is 20.3. The zero-order valence-corrected chi connectivity index (χ0v) is 33.5. The molecule has 0 N–H and O–H groups in total. The first-order valence-corrected chi connectivity index (χ1v) is 20.7. The summed E-state index contributed by atoms with van der Waals surface area (Å²) in [5, 5.41) is 0. The highest BCUT2D eigenvalue weighted by Crippen LogP contribution is 2.61. The van der Waals surface area contributed by atoms with E-state index in [2.05, 4.69) is 232 Å². The lowest BCUT2D eigenvalue weighted by molar-refractivity contribution is 0.579. The van der Waals surface area contributed by atoms with E-state index in [1.165, 1.54) is 89.8 Å². The Morgan fingerprint density at radius 2 is 0.828 bits per heavy atom. The molecule has 2 nitrogen and oxygen atoms in total. The highest BCUT2D eigenvalue weighted by Gasteiger charge is 2.48. The molecule has 11 rings (SSSR count). The number of nitrogens with zero attached hydrogens (tertiary/aromatic N) is 2. The van der Waals surface area contributed by atoms with Crippen molar-refractivity contribution in [3.8, 4) is 0 Å². The lowest BCUT2D eigenvalue weighted by atomic mass is 9.63. The minimum atomic E-state index is -0.171. The Morgan fingerprint density at radius 3 is 1.36 bits per heavy atom. The Balaban J connectivity index is 1.29. The quantitative estimate of drug-likeness (QED) is 0.177. The second kappa shape index (κ2) is 12.9. The Morgan fingerprint density at radius 1 is 0.397 bits per heavy atom. The van der Waals surface area contributed by atoms with Crippen LogP contribution in [0.2, 0.25) is 0 Å². The number of hydrogen-bond acceptors (Lipinski definition) is 2. The van der Waals surface area contributed by atoms with E-state index in [1.54, 1.807) is 0 Å². The standard InChI is InChI=1S/C56H46N2/c1-55(2)41-27-13-17-31-45(41)57(46-32-18-14-28-42(46)55)49-35-36-50(58-47-33-19-15-29-43(47)56(3,4)44-30-16-20-34-48(44)58)54-52(38-23-9-6-10-24-38)40-26-12-11-25-39(40)51(53(49)54)37-21-7-5-8-22-37/h5-36,51,53H,1-4H3. The van der Waals surface area contributed by atoms with Crippen LogP contribution in [0.4, 0.5) is 22.7 Å². The molecule has 2 unspecified atom stereocenters. The minimum Gasteiger partial charge on any atom is -0.313 e. The van der Waals surface area contributed by atoms with Crippen molar-refractivity contribution in [1.82, 2.24) is 0 Å². The first-order valence-electron chi connectivity index (χ1n) is 20.7. The predicted octanol–water partition coefficient (Wildman–Crippen LogP) is 14.0. The average molecular weight is 747 g/mol. The van der Waals surface area contributed by atoms with Crippen molar-refractivity contribution >= 4 is 28.3 Å². The number of hydrogen-bond donors (Lipinski definition) is 0. The summed E-state index contributed by atoms with van der Waals surface area (Å²) in [6, 6.07) is 67.9. The maximum absolute atomic E-state index is 2.61. The molecule has 0 aromatic heterocycles. The zero-order valence-electron chi connectivity index (χ0n) is 33.5. The molecule has 280 valence electrons. The van der Waals surface area contributed by atoms with Crippen molar-refractivity contribution in [3.63, 3.8) is 0 Å². The largest absolute Gasteiger partial charge is 0.313 e. The molecule has 0 saturated heterocycles. The zero-order chi connectivity index (χ0) is 39.2. The molecule has 2 atom stereocenters. The summed E-state index contributed by atoms with van der Waals surface area (Å²) in [6.07, 6.45) is 4.91. The third kappa shape index (κ3) is 4.91. The Hall–Kier alpha value is -6.64. The van der Waals surface area contributed by atoms with E-state index in [-0.39, 0.29) is 22.7 Å².